The predicted molar refractivity (Wildman–Crippen MR) is 151 cm³/mol. The summed E-state index contributed by atoms with van der Waals surface area (Å²) in [6, 6.07) is 12.9. The second-order valence-corrected chi connectivity index (χ2v) is 9.86. The average Bonchev–Trinajstić information content (AvgIpc) is 3.56. The Balaban J connectivity index is 1.31. The molecule has 0 radical (unpaired) electrons. The minimum Gasteiger partial charge on any atom is -0.454 e. The Bertz CT molecular complexity index is 1810. The molecule has 0 unspecified atom stereocenters. The van der Waals surface area contributed by atoms with Gasteiger partial charge in [-0.1, -0.05) is 12.1 Å². The van der Waals surface area contributed by atoms with Crippen molar-refractivity contribution in [2.45, 2.75) is 13.5 Å². The van der Waals surface area contributed by atoms with E-state index in [4.69, 9.17) is 19.9 Å². The molecule has 1 aliphatic heterocycles. The Morgan fingerprint density at radius 2 is 1.81 bits per heavy atom. The lowest BCUT2D eigenvalue weighted by atomic mass is 10.1. The predicted octanol–water partition coefficient (Wildman–Crippen LogP) is 5.98. The highest BCUT2D eigenvalue weighted by atomic mass is 19.3. The molecule has 222 valence electrons. The molecule has 6 rings (SSSR count). The molecular weight excluding hydrogens is 570 g/mol. The maximum Gasteiger partial charge on any atom is 0.387 e. The number of rotatable bonds is 8. The average molecular weight is 596 g/mol. The van der Waals surface area contributed by atoms with Crippen LogP contribution in [0.15, 0.2) is 60.8 Å². The van der Waals surface area contributed by atoms with Crippen LogP contribution in [0.2, 0.25) is 0 Å². The number of ketones is 1. The van der Waals surface area contributed by atoms with Crippen molar-refractivity contribution in [3.63, 3.8) is 0 Å². The fourth-order valence-corrected chi connectivity index (χ4v) is 5.06. The van der Waals surface area contributed by atoms with Crippen LogP contribution < -0.4 is 20.1 Å². The van der Waals surface area contributed by atoms with Gasteiger partial charge in [-0.25, -0.2) is 13.5 Å². The normalized spacial score (nSPS) is 13.6. The summed E-state index contributed by atoms with van der Waals surface area (Å²) in [7, 11) is 0. The van der Waals surface area contributed by atoms with Crippen molar-refractivity contribution in [1.82, 2.24) is 14.8 Å². The van der Waals surface area contributed by atoms with Crippen LogP contribution in [0.25, 0.3) is 16.6 Å². The Labute approximate surface area is 242 Å². The van der Waals surface area contributed by atoms with Crippen LogP contribution in [0.5, 0.6) is 17.2 Å². The summed E-state index contributed by atoms with van der Waals surface area (Å²) in [5, 5.41) is 4.62. The van der Waals surface area contributed by atoms with Crippen molar-refractivity contribution < 1.29 is 36.6 Å². The molecule has 0 bridgehead atoms. The molecule has 13 heteroatoms. The van der Waals surface area contributed by atoms with Gasteiger partial charge in [-0.3, -0.25) is 4.79 Å². The fraction of sp³-hybridized carbons (Fsp3) is 0.200. The summed E-state index contributed by atoms with van der Waals surface area (Å²) in [5.74, 6) is -2.04. The number of morpholine rings is 1. The number of aryl methyl sites for hydroxylation is 1. The van der Waals surface area contributed by atoms with E-state index >= 15 is 4.39 Å². The maximum absolute atomic E-state index is 15.3. The van der Waals surface area contributed by atoms with E-state index in [-0.39, 0.29) is 40.0 Å². The van der Waals surface area contributed by atoms with Crippen LogP contribution in [-0.4, -0.2) is 53.5 Å². The van der Waals surface area contributed by atoms with E-state index in [0.29, 0.717) is 48.5 Å². The second-order valence-electron chi connectivity index (χ2n) is 9.86. The van der Waals surface area contributed by atoms with Crippen molar-refractivity contribution in [1.29, 1.82) is 0 Å². The minimum absolute atomic E-state index is 0.00510. The van der Waals surface area contributed by atoms with Crippen LogP contribution in [0.4, 0.5) is 29.1 Å². The topological polar surface area (TPSA) is 108 Å². The number of carbonyl (C=O) groups is 1. The van der Waals surface area contributed by atoms with Gasteiger partial charge in [0.2, 0.25) is 5.78 Å². The number of ether oxygens (including phenoxy) is 3. The number of aromatic nitrogens is 3. The number of H-pyrrole nitrogens is 1. The third-order valence-electron chi connectivity index (χ3n) is 7.07. The van der Waals surface area contributed by atoms with E-state index in [1.54, 1.807) is 19.1 Å². The zero-order valence-electron chi connectivity index (χ0n) is 22.7. The van der Waals surface area contributed by atoms with Gasteiger partial charge in [0.15, 0.2) is 17.4 Å². The molecule has 0 spiro atoms. The quantitative estimate of drug-likeness (QED) is 0.168. The van der Waals surface area contributed by atoms with Crippen molar-refractivity contribution in [3.05, 3.63) is 89.2 Å². The van der Waals surface area contributed by atoms with Gasteiger partial charge in [0, 0.05) is 30.1 Å². The van der Waals surface area contributed by atoms with Gasteiger partial charge in [0.05, 0.1) is 36.4 Å². The standard InChI is InChI=1S/C30H25F4N5O4/c1-16-10-18(42-25-5-3-2-4-20(25)31)13-21(32)27(16)39-29(35)19(15-36-39)28(40)23-11-17-12-26(43-30(33)34)24(14-22(17)37-23)38-6-8-41-9-7-38/h2-5,10-15,30,37H,6-9,35H2,1H3. The van der Waals surface area contributed by atoms with Gasteiger partial charge < -0.3 is 29.8 Å². The first-order chi connectivity index (χ1) is 20.7. The summed E-state index contributed by atoms with van der Waals surface area (Å²) >= 11 is 0. The highest BCUT2D eigenvalue weighted by Gasteiger charge is 2.24. The number of nitrogens with zero attached hydrogens (tertiary/aromatic N) is 3. The summed E-state index contributed by atoms with van der Waals surface area (Å²) in [5.41, 5.74) is 7.71. The molecule has 5 aromatic rings. The van der Waals surface area contributed by atoms with Crippen molar-refractivity contribution in [2.24, 2.45) is 0 Å². The first-order valence-corrected chi connectivity index (χ1v) is 13.2. The molecule has 1 aliphatic rings. The van der Waals surface area contributed by atoms with E-state index in [2.05, 4.69) is 10.1 Å². The SMILES string of the molecule is Cc1cc(Oc2ccccc2F)cc(F)c1-n1ncc(C(=O)c2cc3cc(OC(F)F)c(N4CCOCC4)cc3[nH]2)c1N. The molecule has 3 aromatic carbocycles. The Hall–Kier alpha value is -5.04. The molecule has 1 saturated heterocycles. The number of fused-ring (bicyclic) bond motifs is 1. The molecule has 0 atom stereocenters. The van der Waals surface area contributed by atoms with E-state index in [9.17, 15) is 18.0 Å². The van der Waals surface area contributed by atoms with Crippen LogP contribution in [0.1, 0.15) is 21.6 Å². The van der Waals surface area contributed by atoms with Crippen LogP contribution in [0, 0.1) is 18.6 Å². The van der Waals surface area contributed by atoms with Gasteiger partial charge in [-0.15, -0.1) is 0 Å². The number of para-hydroxylation sites is 1. The Morgan fingerprint density at radius 1 is 1.05 bits per heavy atom. The van der Waals surface area contributed by atoms with Gasteiger partial charge in [-0.05, 0) is 48.9 Å². The van der Waals surface area contributed by atoms with Crippen LogP contribution in [0.3, 0.4) is 0 Å². The highest BCUT2D eigenvalue weighted by molar-refractivity contribution is 6.12. The van der Waals surface area contributed by atoms with Gasteiger partial charge in [0.1, 0.15) is 23.0 Å². The molecule has 0 aliphatic carbocycles. The van der Waals surface area contributed by atoms with Gasteiger partial charge in [-0.2, -0.15) is 13.9 Å². The number of hydrogen-bond acceptors (Lipinski definition) is 7. The molecule has 1 fully saturated rings. The largest absolute Gasteiger partial charge is 0.454 e. The third kappa shape index (κ3) is 5.46. The molecule has 43 heavy (non-hydrogen) atoms. The number of nitrogen functional groups attached to an aromatic ring is 1. The number of alkyl halides is 2. The fourth-order valence-electron chi connectivity index (χ4n) is 5.06. The first kappa shape index (κ1) is 28.1. The molecule has 3 N–H and O–H groups in total. The van der Waals surface area contributed by atoms with Crippen molar-refractivity contribution in [3.8, 4) is 22.9 Å². The molecule has 0 amide bonds. The number of carbonyl (C=O) groups excluding carboxylic acids is 1. The monoisotopic (exact) mass is 595 g/mol. The number of nitrogens with two attached hydrogens (primary N) is 1. The number of halogens is 4. The van der Waals surface area contributed by atoms with E-state index in [0.717, 1.165) is 10.7 Å². The number of benzene rings is 3. The maximum atomic E-state index is 15.3. The zero-order valence-corrected chi connectivity index (χ0v) is 22.7. The lowest BCUT2D eigenvalue weighted by Gasteiger charge is -2.30. The smallest absolute Gasteiger partial charge is 0.387 e. The third-order valence-corrected chi connectivity index (χ3v) is 7.07. The Morgan fingerprint density at radius 3 is 2.53 bits per heavy atom. The number of hydrogen-bond donors (Lipinski definition) is 2. The molecular formula is C30H25F4N5O4. The summed E-state index contributed by atoms with van der Waals surface area (Å²) < 4.78 is 72.5. The van der Waals surface area contributed by atoms with Gasteiger partial charge >= 0.3 is 6.61 Å². The number of aromatic amines is 1. The second kappa shape index (κ2) is 11.3. The lowest BCUT2D eigenvalue weighted by Crippen LogP contribution is -2.36. The minimum atomic E-state index is -3.04. The molecule has 0 saturated carbocycles. The van der Waals surface area contributed by atoms with E-state index in [1.165, 1.54) is 42.6 Å². The van der Waals surface area contributed by atoms with E-state index in [1.807, 2.05) is 4.90 Å². The Kier molecular flexibility index (Phi) is 7.40. The zero-order chi connectivity index (χ0) is 30.2. The highest BCUT2D eigenvalue weighted by Crippen LogP contribution is 2.36. The molecule has 9 nitrogen and oxygen atoms in total. The number of nitrogens with one attached hydrogen (secondary N) is 1. The van der Waals surface area contributed by atoms with Crippen molar-refractivity contribution in [2.75, 3.05) is 36.9 Å². The summed E-state index contributed by atoms with van der Waals surface area (Å²) in [6.45, 7) is 0.403. The van der Waals surface area contributed by atoms with Crippen LogP contribution >= 0.6 is 0 Å². The van der Waals surface area contributed by atoms with E-state index < -0.39 is 24.0 Å². The molecule has 2 aromatic heterocycles. The van der Waals surface area contributed by atoms with Crippen LogP contribution in [-0.2, 0) is 4.74 Å². The lowest BCUT2D eigenvalue weighted by molar-refractivity contribution is -0.0495. The molecule has 3 heterocycles. The summed E-state index contributed by atoms with van der Waals surface area (Å²) in [6.07, 6.45) is 1.22. The summed E-state index contributed by atoms with van der Waals surface area (Å²) in [4.78, 5) is 18.4. The number of anilines is 2. The first-order valence-electron chi connectivity index (χ1n) is 13.2. The van der Waals surface area contributed by atoms with Gasteiger partial charge in [0.25, 0.3) is 0 Å². The van der Waals surface area contributed by atoms with Crippen molar-refractivity contribution >= 4 is 28.2 Å².